The number of hydrogen-bond acceptors (Lipinski definition) is 8. The summed E-state index contributed by atoms with van der Waals surface area (Å²) in [5.41, 5.74) is 13.2. The Kier molecular flexibility index (Phi) is 5.33. The lowest BCUT2D eigenvalue weighted by Crippen LogP contribution is -2.32. The Hall–Kier alpha value is -3.72. The molecule has 0 amide bonds. The first-order valence-electron chi connectivity index (χ1n) is 10.4. The molecule has 0 spiro atoms. The summed E-state index contributed by atoms with van der Waals surface area (Å²) in [6.45, 7) is 0.615. The van der Waals surface area contributed by atoms with Crippen LogP contribution in [0.1, 0.15) is 30.3 Å². The van der Waals surface area contributed by atoms with Gasteiger partial charge >= 0.3 is 0 Å². The maximum atomic E-state index is 13.7. The highest BCUT2D eigenvalue weighted by molar-refractivity contribution is 14.1. The molecule has 164 valence electrons. The first-order valence-corrected chi connectivity index (χ1v) is 11.4. The number of nitriles is 1. The van der Waals surface area contributed by atoms with Crippen molar-refractivity contribution in [3.63, 3.8) is 0 Å². The first kappa shape index (κ1) is 21.1. The second kappa shape index (κ2) is 8.32. The molecule has 4 aromatic rings. The Balaban J connectivity index is 1.79. The molecule has 3 heterocycles. The van der Waals surface area contributed by atoms with Gasteiger partial charge in [-0.15, -0.1) is 0 Å². The van der Waals surface area contributed by atoms with Crippen molar-refractivity contribution in [2.75, 3.05) is 22.9 Å². The number of rotatable bonds is 3. The highest BCUT2D eigenvalue weighted by Crippen LogP contribution is 2.38. The molecule has 1 fully saturated rings. The number of halogens is 1. The average Bonchev–Trinajstić information content (AvgIpc) is 3.29. The van der Waals surface area contributed by atoms with Gasteiger partial charge in [-0.25, -0.2) is 4.98 Å². The van der Waals surface area contributed by atoms with Crippen LogP contribution in [0.5, 0.6) is 0 Å². The molecule has 1 aliphatic heterocycles. The number of nitrogen functional groups attached to an aromatic ring is 2. The molecular formula is C23H19IN8O. The molecule has 0 unspecified atom stereocenters. The maximum Gasteiger partial charge on any atom is 0.266 e. The smallest absolute Gasteiger partial charge is 0.266 e. The fourth-order valence-electron chi connectivity index (χ4n) is 4.33. The summed E-state index contributed by atoms with van der Waals surface area (Å²) >= 11 is 2.20. The van der Waals surface area contributed by atoms with Gasteiger partial charge in [0.25, 0.3) is 5.56 Å². The average molecular weight is 550 g/mol. The third-order valence-electron chi connectivity index (χ3n) is 5.76. The van der Waals surface area contributed by atoms with E-state index in [1.165, 1.54) is 0 Å². The van der Waals surface area contributed by atoms with Crippen molar-refractivity contribution in [3.05, 3.63) is 73.8 Å². The molecule has 0 aliphatic carbocycles. The molecule has 0 radical (unpaired) electrons. The standard InChI is InChI=1S/C23H19IN8O/c24-16-9-4-8-14-18(16)28-21(32(22(14)33)13-6-2-1-3-7-13)17-10-5-11-31(17)20-15(12-25)19(26)29-23(27)30-20/h1-4,6-9,17H,5,10-11H2,(H4,26,27,29,30)/t17-/m0/s1. The lowest BCUT2D eigenvalue weighted by molar-refractivity contribution is 0.632. The molecule has 2 aromatic carbocycles. The molecule has 1 atom stereocenters. The number of aromatic nitrogens is 4. The molecule has 1 saturated heterocycles. The van der Waals surface area contributed by atoms with Crippen molar-refractivity contribution in [1.82, 2.24) is 19.5 Å². The largest absolute Gasteiger partial charge is 0.382 e. The summed E-state index contributed by atoms with van der Waals surface area (Å²) < 4.78 is 2.54. The van der Waals surface area contributed by atoms with Gasteiger partial charge in [0.1, 0.15) is 23.3 Å². The van der Waals surface area contributed by atoms with Gasteiger partial charge in [0.05, 0.1) is 22.6 Å². The normalized spacial score (nSPS) is 15.6. The predicted octanol–water partition coefficient (Wildman–Crippen LogP) is 3.16. The van der Waals surface area contributed by atoms with Crippen LogP contribution in [0.15, 0.2) is 53.3 Å². The first-order chi connectivity index (χ1) is 16.0. The fourth-order valence-corrected chi connectivity index (χ4v) is 4.95. The van der Waals surface area contributed by atoms with Crippen LogP contribution in [0, 0.1) is 14.9 Å². The second-order valence-corrected chi connectivity index (χ2v) is 8.87. The van der Waals surface area contributed by atoms with Crippen LogP contribution in [0.25, 0.3) is 16.6 Å². The van der Waals surface area contributed by atoms with Crippen molar-refractivity contribution < 1.29 is 0 Å². The molecule has 0 bridgehead atoms. The van der Waals surface area contributed by atoms with E-state index in [0.717, 1.165) is 22.1 Å². The summed E-state index contributed by atoms with van der Waals surface area (Å²) in [5, 5.41) is 10.3. The molecule has 1 aliphatic rings. The number of nitrogens with zero attached hydrogens (tertiary/aromatic N) is 6. The van der Waals surface area contributed by atoms with Gasteiger partial charge in [-0.05, 0) is 59.7 Å². The van der Waals surface area contributed by atoms with Crippen molar-refractivity contribution in [2.45, 2.75) is 18.9 Å². The summed E-state index contributed by atoms with van der Waals surface area (Å²) in [6.07, 6.45) is 1.55. The number of para-hydroxylation sites is 2. The molecule has 33 heavy (non-hydrogen) atoms. The molecule has 9 nitrogen and oxygen atoms in total. The Bertz CT molecular complexity index is 1480. The van der Waals surface area contributed by atoms with Gasteiger partial charge in [0, 0.05) is 10.1 Å². The van der Waals surface area contributed by atoms with Gasteiger partial charge < -0.3 is 16.4 Å². The Morgan fingerprint density at radius 2 is 1.85 bits per heavy atom. The number of hydrogen-bond donors (Lipinski definition) is 2. The fraction of sp³-hybridized carbons (Fsp3) is 0.174. The number of benzene rings is 2. The molecule has 0 saturated carbocycles. The third kappa shape index (κ3) is 3.54. The lowest BCUT2D eigenvalue weighted by Gasteiger charge is -2.28. The van der Waals surface area contributed by atoms with E-state index in [2.05, 4.69) is 38.6 Å². The van der Waals surface area contributed by atoms with Crippen LogP contribution in [-0.2, 0) is 0 Å². The molecule has 4 N–H and O–H groups in total. The van der Waals surface area contributed by atoms with Crippen molar-refractivity contribution in [1.29, 1.82) is 5.26 Å². The van der Waals surface area contributed by atoms with E-state index < -0.39 is 0 Å². The maximum absolute atomic E-state index is 13.7. The molecule has 5 rings (SSSR count). The minimum atomic E-state index is -0.306. The van der Waals surface area contributed by atoms with E-state index in [1.807, 2.05) is 47.4 Å². The molecule has 10 heteroatoms. The molecule has 2 aromatic heterocycles. The van der Waals surface area contributed by atoms with E-state index >= 15 is 0 Å². The Morgan fingerprint density at radius 3 is 2.61 bits per heavy atom. The van der Waals surface area contributed by atoms with Crippen LogP contribution in [0.2, 0.25) is 0 Å². The SMILES string of the molecule is N#Cc1c(N)nc(N)nc1N1CCC[C@H]1c1nc2c(I)cccc2c(=O)n1-c1ccccc1. The Labute approximate surface area is 202 Å². The van der Waals surface area contributed by atoms with Gasteiger partial charge in [-0.2, -0.15) is 15.2 Å². The minimum absolute atomic E-state index is 0.00591. The number of fused-ring (bicyclic) bond motifs is 1. The zero-order chi connectivity index (χ0) is 23.1. The monoisotopic (exact) mass is 550 g/mol. The summed E-state index contributed by atoms with van der Waals surface area (Å²) in [6, 6.07) is 16.8. The summed E-state index contributed by atoms with van der Waals surface area (Å²) in [4.78, 5) is 28.9. The highest BCUT2D eigenvalue weighted by Gasteiger charge is 2.34. The van der Waals surface area contributed by atoms with Crippen LogP contribution in [-0.4, -0.2) is 26.1 Å². The predicted molar refractivity (Wildman–Crippen MR) is 135 cm³/mol. The van der Waals surface area contributed by atoms with Crippen LogP contribution < -0.4 is 21.9 Å². The second-order valence-electron chi connectivity index (χ2n) is 7.71. The van der Waals surface area contributed by atoms with E-state index in [4.69, 9.17) is 16.5 Å². The summed E-state index contributed by atoms with van der Waals surface area (Å²) in [7, 11) is 0. The quantitative estimate of drug-likeness (QED) is 0.371. The Morgan fingerprint density at radius 1 is 1.06 bits per heavy atom. The topological polar surface area (TPSA) is 140 Å². The van der Waals surface area contributed by atoms with E-state index in [-0.39, 0.29) is 28.9 Å². The summed E-state index contributed by atoms with van der Waals surface area (Å²) in [5.74, 6) is 0.974. The van der Waals surface area contributed by atoms with Gasteiger partial charge in [-0.1, -0.05) is 24.3 Å². The van der Waals surface area contributed by atoms with Crippen LogP contribution in [0.3, 0.4) is 0 Å². The number of anilines is 3. The van der Waals surface area contributed by atoms with Gasteiger partial charge in [0.2, 0.25) is 5.95 Å². The van der Waals surface area contributed by atoms with Gasteiger partial charge in [0.15, 0.2) is 5.82 Å². The minimum Gasteiger partial charge on any atom is -0.382 e. The number of nitrogens with two attached hydrogens (primary N) is 2. The van der Waals surface area contributed by atoms with Crippen LogP contribution >= 0.6 is 22.6 Å². The van der Waals surface area contributed by atoms with Crippen molar-refractivity contribution in [3.8, 4) is 11.8 Å². The van der Waals surface area contributed by atoms with E-state index in [1.54, 1.807) is 10.6 Å². The van der Waals surface area contributed by atoms with Crippen molar-refractivity contribution >= 4 is 51.1 Å². The third-order valence-corrected chi connectivity index (χ3v) is 6.63. The van der Waals surface area contributed by atoms with Gasteiger partial charge in [-0.3, -0.25) is 9.36 Å². The highest BCUT2D eigenvalue weighted by atomic mass is 127. The van der Waals surface area contributed by atoms with E-state index in [9.17, 15) is 10.1 Å². The van der Waals surface area contributed by atoms with Crippen LogP contribution in [0.4, 0.5) is 17.6 Å². The molecular weight excluding hydrogens is 531 g/mol. The zero-order valence-corrected chi connectivity index (χ0v) is 19.6. The van der Waals surface area contributed by atoms with Crippen molar-refractivity contribution in [2.24, 2.45) is 0 Å². The lowest BCUT2D eigenvalue weighted by atomic mass is 10.1. The zero-order valence-electron chi connectivity index (χ0n) is 17.4. The van der Waals surface area contributed by atoms with E-state index in [0.29, 0.717) is 29.1 Å².